The molecule has 0 aliphatic carbocycles. The van der Waals surface area contributed by atoms with Crippen LogP contribution < -0.4 is 5.11 Å². The van der Waals surface area contributed by atoms with Crippen molar-refractivity contribution in [1.29, 1.82) is 0 Å². The zero-order valence-corrected chi connectivity index (χ0v) is 10.0. The van der Waals surface area contributed by atoms with E-state index in [9.17, 15) is 9.90 Å². The van der Waals surface area contributed by atoms with Crippen molar-refractivity contribution in [2.45, 2.75) is 26.2 Å². The maximum Gasteiger partial charge on any atom is 0.0726 e. The highest BCUT2D eigenvalue weighted by atomic mass is 79.9. The average molecular weight is 256 g/mol. The second-order valence-corrected chi connectivity index (χ2v) is 5.09. The molecule has 1 aromatic carbocycles. The van der Waals surface area contributed by atoms with Crippen molar-refractivity contribution in [3.63, 3.8) is 0 Å². The molecule has 0 amide bonds. The molecule has 0 bridgehead atoms. The van der Waals surface area contributed by atoms with Crippen LogP contribution in [0.3, 0.4) is 0 Å². The maximum atomic E-state index is 10.6. The van der Waals surface area contributed by atoms with Crippen LogP contribution in [0.25, 0.3) is 0 Å². The van der Waals surface area contributed by atoms with Gasteiger partial charge in [0.05, 0.1) is 5.97 Å². The number of carbonyl (C=O) groups excluding carboxylic acids is 1. The molecule has 3 heteroatoms. The number of halogens is 1. The highest BCUT2D eigenvalue weighted by Crippen LogP contribution is 2.26. The maximum absolute atomic E-state index is 10.6. The minimum absolute atomic E-state index is 0.0208. The fourth-order valence-electron chi connectivity index (χ4n) is 1.15. The lowest BCUT2D eigenvalue weighted by molar-refractivity contribution is -0.255. The summed E-state index contributed by atoms with van der Waals surface area (Å²) in [5.74, 6) is -1.16. The van der Waals surface area contributed by atoms with Crippen molar-refractivity contribution in [2.24, 2.45) is 0 Å². The number of carboxylic acids is 1. The van der Waals surface area contributed by atoms with Crippen molar-refractivity contribution in [3.8, 4) is 0 Å². The normalized spacial score (nSPS) is 11.4. The predicted molar refractivity (Wildman–Crippen MR) is 57.2 cm³/mol. The molecule has 0 radical (unpaired) electrons. The molecule has 0 spiro atoms. The summed E-state index contributed by atoms with van der Waals surface area (Å²) in [4.78, 5) is 10.6. The minimum atomic E-state index is -1.16. The number of hydrogen-bond donors (Lipinski definition) is 0. The third-order valence-electron chi connectivity index (χ3n) is 2.06. The van der Waals surface area contributed by atoms with Gasteiger partial charge in [-0.25, -0.2) is 0 Å². The summed E-state index contributed by atoms with van der Waals surface area (Å²) >= 11 is 3.22. The molecule has 0 aliphatic heterocycles. The van der Waals surface area contributed by atoms with E-state index >= 15 is 0 Å². The summed E-state index contributed by atoms with van der Waals surface area (Å²) in [6.07, 6.45) is 0. The Morgan fingerprint density at radius 1 is 1.36 bits per heavy atom. The molecule has 0 unspecified atom stereocenters. The Kier molecular flexibility index (Phi) is 3.00. The highest BCUT2D eigenvalue weighted by Gasteiger charge is 2.14. The van der Waals surface area contributed by atoms with Crippen LogP contribution in [0.4, 0.5) is 0 Å². The third-order valence-corrected chi connectivity index (χ3v) is 2.71. The molecule has 1 rings (SSSR count). The van der Waals surface area contributed by atoms with Crippen molar-refractivity contribution in [1.82, 2.24) is 0 Å². The molecule has 0 saturated carbocycles. The van der Waals surface area contributed by atoms with Crippen LogP contribution in [0.2, 0.25) is 0 Å². The molecule has 0 aromatic heterocycles. The SMILES string of the molecule is CC(C)(C)c1ccc(C(=O)[O-])c(Br)c1. The highest BCUT2D eigenvalue weighted by molar-refractivity contribution is 9.10. The lowest BCUT2D eigenvalue weighted by Crippen LogP contribution is -2.23. The summed E-state index contributed by atoms with van der Waals surface area (Å²) < 4.78 is 0.574. The van der Waals surface area contributed by atoms with Crippen LogP contribution in [0.15, 0.2) is 22.7 Å². The van der Waals surface area contributed by atoms with Crippen molar-refractivity contribution in [2.75, 3.05) is 0 Å². The summed E-state index contributed by atoms with van der Waals surface area (Å²) in [5.41, 5.74) is 1.31. The van der Waals surface area contributed by atoms with Gasteiger partial charge in [0, 0.05) is 10.0 Å². The summed E-state index contributed by atoms with van der Waals surface area (Å²) in [7, 11) is 0. The molecule has 0 aliphatic rings. The van der Waals surface area contributed by atoms with Gasteiger partial charge in [-0.1, -0.05) is 48.8 Å². The molecule has 0 saturated heterocycles. The quantitative estimate of drug-likeness (QED) is 0.772. The molecule has 0 atom stereocenters. The smallest absolute Gasteiger partial charge is 0.0726 e. The molecule has 76 valence electrons. The first-order chi connectivity index (χ1) is 6.32. The topological polar surface area (TPSA) is 40.1 Å². The van der Waals surface area contributed by atoms with Gasteiger partial charge < -0.3 is 9.90 Å². The second-order valence-electron chi connectivity index (χ2n) is 4.23. The summed E-state index contributed by atoms with van der Waals surface area (Å²) in [6.45, 7) is 6.23. The third kappa shape index (κ3) is 2.35. The van der Waals surface area contributed by atoms with Gasteiger partial charge in [0.1, 0.15) is 0 Å². The van der Waals surface area contributed by atoms with Gasteiger partial charge >= 0.3 is 0 Å². The Morgan fingerprint density at radius 2 is 1.93 bits per heavy atom. The van der Waals surface area contributed by atoms with E-state index < -0.39 is 5.97 Å². The van der Waals surface area contributed by atoms with E-state index in [1.165, 1.54) is 0 Å². The number of hydrogen-bond acceptors (Lipinski definition) is 2. The molecule has 0 heterocycles. The van der Waals surface area contributed by atoms with E-state index in [2.05, 4.69) is 36.7 Å². The molecular formula is C11H12BrO2-. The van der Waals surface area contributed by atoms with Crippen molar-refractivity contribution in [3.05, 3.63) is 33.8 Å². The van der Waals surface area contributed by atoms with Crippen LogP contribution in [-0.2, 0) is 5.41 Å². The van der Waals surface area contributed by atoms with Gasteiger partial charge in [-0.15, -0.1) is 0 Å². The first kappa shape index (κ1) is 11.2. The number of carboxylic acid groups (broad SMARTS) is 1. The minimum Gasteiger partial charge on any atom is -0.545 e. The molecular weight excluding hydrogens is 244 g/mol. The van der Waals surface area contributed by atoms with Crippen LogP contribution in [0.5, 0.6) is 0 Å². The van der Waals surface area contributed by atoms with Gasteiger partial charge in [-0.2, -0.15) is 0 Å². The summed E-state index contributed by atoms with van der Waals surface area (Å²) in [5, 5.41) is 10.6. The van der Waals surface area contributed by atoms with Crippen LogP contribution >= 0.6 is 15.9 Å². The number of benzene rings is 1. The number of carbonyl (C=O) groups is 1. The van der Waals surface area contributed by atoms with E-state index in [4.69, 9.17) is 0 Å². The Morgan fingerprint density at radius 3 is 2.29 bits per heavy atom. The van der Waals surface area contributed by atoms with Gasteiger partial charge in [0.2, 0.25) is 0 Å². The molecule has 0 fully saturated rings. The lowest BCUT2D eigenvalue weighted by Gasteiger charge is -2.20. The Bertz CT molecular complexity index is 364. The van der Waals surface area contributed by atoms with E-state index in [-0.39, 0.29) is 11.0 Å². The molecule has 0 N–H and O–H groups in total. The Hall–Kier alpha value is -0.830. The number of rotatable bonds is 1. The predicted octanol–water partition coefficient (Wildman–Crippen LogP) is 2.11. The van der Waals surface area contributed by atoms with Gasteiger partial charge in [0.25, 0.3) is 0 Å². The van der Waals surface area contributed by atoms with Crippen molar-refractivity contribution < 1.29 is 9.90 Å². The lowest BCUT2D eigenvalue weighted by atomic mass is 9.87. The van der Waals surface area contributed by atoms with Crippen LogP contribution in [0.1, 0.15) is 36.7 Å². The van der Waals surface area contributed by atoms with Gasteiger partial charge in [-0.3, -0.25) is 0 Å². The second kappa shape index (κ2) is 3.73. The monoisotopic (exact) mass is 255 g/mol. The van der Waals surface area contributed by atoms with Gasteiger partial charge in [0.15, 0.2) is 0 Å². The fourth-order valence-corrected chi connectivity index (χ4v) is 1.69. The van der Waals surface area contributed by atoms with Gasteiger partial charge in [-0.05, 0) is 17.0 Å². The first-order valence-corrected chi connectivity index (χ1v) is 5.13. The van der Waals surface area contributed by atoms with E-state index in [0.29, 0.717) is 4.47 Å². The number of aromatic carboxylic acids is 1. The molecule has 2 nitrogen and oxygen atoms in total. The Labute approximate surface area is 92.1 Å². The largest absolute Gasteiger partial charge is 0.545 e. The standard InChI is InChI=1S/C11H13BrO2/c1-11(2,3)7-4-5-8(10(13)14)9(12)6-7/h4-6H,1-3H3,(H,13,14)/p-1. The first-order valence-electron chi connectivity index (χ1n) is 4.34. The Balaban J connectivity index is 3.20. The molecule has 14 heavy (non-hydrogen) atoms. The van der Waals surface area contributed by atoms with Crippen LogP contribution in [0, 0.1) is 0 Å². The van der Waals surface area contributed by atoms with E-state index in [1.54, 1.807) is 6.07 Å². The van der Waals surface area contributed by atoms with E-state index in [1.807, 2.05) is 12.1 Å². The average Bonchev–Trinajstić information content (AvgIpc) is 2.01. The van der Waals surface area contributed by atoms with E-state index in [0.717, 1.165) is 5.56 Å². The molecule has 1 aromatic rings. The van der Waals surface area contributed by atoms with Crippen molar-refractivity contribution >= 4 is 21.9 Å². The fraction of sp³-hybridized carbons (Fsp3) is 0.364. The zero-order valence-electron chi connectivity index (χ0n) is 8.43. The van der Waals surface area contributed by atoms with Crippen LogP contribution in [-0.4, -0.2) is 5.97 Å². The summed E-state index contributed by atoms with van der Waals surface area (Å²) in [6, 6.07) is 5.21. The zero-order chi connectivity index (χ0) is 10.9.